The number of hydrogen-bond acceptors (Lipinski definition) is 15. The van der Waals surface area contributed by atoms with Crippen LogP contribution < -0.4 is 0 Å². The normalized spacial score (nSPS) is 26.1. The summed E-state index contributed by atoms with van der Waals surface area (Å²) in [4.78, 5) is 25.8. The number of aliphatic hydroxyl groups excluding tert-OH is 7. The van der Waals surface area contributed by atoms with Crippen LogP contribution in [0.15, 0.2) is 0 Å². The molecule has 2 saturated heterocycles. The largest absolute Gasteiger partial charge is 0.462 e. The molecule has 2 rings (SSSR count). The lowest BCUT2D eigenvalue weighted by Gasteiger charge is -2.42. The molecule has 66 heavy (non-hydrogen) atoms. The molecule has 0 spiro atoms. The van der Waals surface area contributed by atoms with Gasteiger partial charge in [0.05, 0.1) is 19.8 Å². The molecule has 2 heterocycles. The quantitative estimate of drug-likeness (QED) is 0.0231. The molecule has 0 aliphatic carbocycles. The Kier molecular flexibility index (Phi) is 36.0. The fraction of sp³-hybridized carbons (Fsp3) is 0.961. The molecule has 2 aliphatic heterocycles. The van der Waals surface area contributed by atoms with Gasteiger partial charge in [-0.05, 0) is 12.8 Å². The Morgan fingerprint density at radius 3 is 1.18 bits per heavy atom. The number of esters is 2. The lowest BCUT2D eigenvalue weighted by atomic mass is 9.98. The van der Waals surface area contributed by atoms with Crippen LogP contribution in [0, 0.1) is 0 Å². The summed E-state index contributed by atoms with van der Waals surface area (Å²) in [6, 6.07) is 0. The van der Waals surface area contributed by atoms with E-state index in [1.54, 1.807) is 0 Å². The highest BCUT2D eigenvalue weighted by Crippen LogP contribution is 2.27. The van der Waals surface area contributed by atoms with Crippen LogP contribution in [0.5, 0.6) is 0 Å². The topological polar surface area (TPSA) is 231 Å². The van der Waals surface area contributed by atoms with E-state index in [9.17, 15) is 45.3 Å². The van der Waals surface area contributed by atoms with E-state index in [2.05, 4.69) is 13.8 Å². The number of hydrogen-bond donors (Lipinski definition) is 7. The number of carbonyl (C=O) groups excluding carboxylic acids is 2. The first-order valence-corrected chi connectivity index (χ1v) is 26.6. The van der Waals surface area contributed by atoms with E-state index in [0.29, 0.717) is 12.8 Å². The number of unbranched alkanes of at least 4 members (excludes halogenated alkanes) is 28. The van der Waals surface area contributed by atoms with Gasteiger partial charge in [0.1, 0.15) is 55.4 Å². The van der Waals surface area contributed by atoms with Crippen molar-refractivity contribution in [1.82, 2.24) is 0 Å². The highest BCUT2D eigenvalue weighted by molar-refractivity contribution is 5.70. The predicted octanol–water partition coefficient (Wildman–Crippen LogP) is 7.61. The maximum Gasteiger partial charge on any atom is 0.306 e. The zero-order valence-corrected chi connectivity index (χ0v) is 41.2. The smallest absolute Gasteiger partial charge is 0.306 e. The Morgan fingerprint density at radius 2 is 0.773 bits per heavy atom. The van der Waals surface area contributed by atoms with E-state index in [1.807, 2.05) is 0 Å². The van der Waals surface area contributed by atoms with Crippen molar-refractivity contribution in [2.75, 3.05) is 26.4 Å². The molecular weight excluding hydrogens is 853 g/mol. The molecule has 0 saturated carbocycles. The second kappa shape index (κ2) is 39.2. The molecule has 7 N–H and O–H groups in total. The van der Waals surface area contributed by atoms with Crippen molar-refractivity contribution in [3.05, 3.63) is 0 Å². The van der Waals surface area contributed by atoms with Gasteiger partial charge in [-0.25, -0.2) is 0 Å². The van der Waals surface area contributed by atoms with Gasteiger partial charge in [0.25, 0.3) is 0 Å². The second-order valence-electron chi connectivity index (χ2n) is 19.1. The second-order valence-corrected chi connectivity index (χ2v) is 19.1. The Hall–Kier alpha value is -1.50. The molecule has 0 radical (unpaired) electrons. The third kappa shape index (κ3) is 27.0. The van der Waals surface area contributed by atoms with Crippen LogP contribution in [0.1, 0.15) is 219 Å². The molecule has 0 bridgehead atoms. The maximum atomic E-state index is 13.0. The fourth-order valence-corrected chi connectivity index (χ4v) is 8.69. The molecule has 0 aromatic carbocycles. The first kappa shape index (κ1) is 60.6. The molecular formula is C51H96O15. The van der Waals surface area contributed by atoms with Crippen molar-refractivity contribution in [3.8, 4) is 0 Å². The first-order valence-electron chi connectivity index (χ1n) is 26.6. The van der Waals surface area contributed by atoms with E-state index in [4.69, 9.17) is 28.4 Å². The van der Waals surface area contributed by atoms with Gasteiger partial charge in [0.2, 0.25) is 0 Å². The van der Waals surface area contributed by atoms with Gasteiger partial charge < -0.3 is 64.2 Å². The third-order valence-corrected chi connectivity index (χ3v) is 13.1. The molecule has 0 aromatic heterocycles. The van der Waals surface area contributed by atoms with Crippen molar-refractivity contribution in [3.63, 3.8) is 0 Å². The van der Waals surface area contributed by atoms with E-state index in [0.717, 1.165) is 38.5 Å². The van der Waals surface area contributed by atoms with Crippen molar-refractivity contribution in [2.24, 2.45) is 0 Å². The molecule has 11 atom stereocenters. The van der Waals surface area contributed by atoms with Gasteiger partial charge in [0, 0.05) is 12.8 Å². The Labute approximate surface area is 398 Å². The lowest BCUT2D eigenvalue weighted by molar-refractivity contribution is -0.332. The van der Waals surface area contributed by atoms with Gasteiger partial charge in [-0.2, -0.15) is 0 Å². The van der Waals surface area contributed by atoms with Crippen molar-refractivity contribution in [1.29, 1.82) is 0 Å². The van der Waals surface area contributed by atoms with Crippen LogP contribution in [0.2, 0.25) is 0 Å². The zero-order chi connectivity index (χ0) is 48.2. The average Bonchev–Trinajstić information content (AvgIpc) is 3.31. The standard InChI is InChI=1S/C51H96O15/c1-3-5-7-9-11-13-15-17-19-20-22-24-26-28-30-32-34-43(54)64-39(36-61-42(53)33-31-29-27-25-23-21-18-16-14-12-10-8-6-4-2)37-62-50-49(60)47(58)45(56)41(66-50)38-63-51-48(59)46(57)44(55)40(35-52)65-51/h39-41,44-52,55-60H,3-38H2,1-2H3. The highest BCUT2D eigenvalue weighted by Gasteiger charge is 2.47. The Balaban J connectivity index is 1.79. The number of rotatable bonds is 42. The van der Waals surface area contributed by atoms with Crippen molar-refractivity contribution < 1.29 is 73.8 Å². The summed E-state index contributed by atoms with van der Waals surface area (Å²) in [5.41, 5.74) is 0. The van der Waals surface area contributed by atoms with Gasteiger partial charge in [-0.1, -0.05) is 194 Å². The summed E-state index contributed by atoms with van der Waals surface area (Å²) in [5, 5.41) is 72.1. The Bertz CT molecular complexity index is 1160. The van der Waals surface area contributed by atoms with Crippen LogP contribution >= 0.6 is 0 Å². The predicted molar refractivity (Wildman–Crippen MR) is 252 cm³/mol. The lowest BCUT2D eigenvalue weighted by Crippen LogP contribution is -2.61. The third-order valence-electron chi connectivity index (χ3n) is 13.1. The number of ether oxygens (including phenoxy) is 6. The van der Waals surface area contributed by atoms with Crippen LogP contribution in [0.3, 0.4) is 0 Å². The maximum absolute atomic E-state index is 13.0. The molecule has 390 valence electrons. The minimum atomic E-state index is -1.76. The minimum absolute atomic E-state index is 0.173. The number of carbonyl (C=O) groups is 2. The molecule has 2 aliphatic rings. The van der Waals surface area contributed by atoms with Crippen LogP contribution in [0.25, 0.3) is 0 Å². The molecule has 11 unspecified atom stereocenters. The van der Waals surface area contributed by atoms with E-state index >= 15 is 0 Å². The summed E-state index contributed by atoms with van der Waals surface area (Å²) < 4.78 is 33.6. The van der Waals surface area contributed by atoms with Gasteiger partial charge >= 0.3 is 11.9 Å². The summed E-state index contributed by atoms with van der Waals surface area (Å²) in [5.74, 6) is -0.908. The van der Waals surface area contributed by atoms with E-state index < -0.39 is 92.7 Å². The van der Waals surface area contributed by atoms with Gasteiger partial charge in [-0.15, -0.1) is 0 Å². The number of aliphatic hydroxyl groups is 7. The van der Waals surface area contributed by atoms with Crippen LogP contribution in [-0.4, -0.2) is 142 Å². The van der Waals surface area contributed by atoms with Gasteiger partial charge in [-0.3, -0.25) is 9.59 Å². The Morgan fingerprint density at radius 1 is 0.424 bits per heavy atom. The minimum Gasteiger partial charge on any atom is -0.462 e. The fourth-order valence-electron chi connectivity index (χ4n) is 8.69. The summed E-state index contributed by atoms with van der Waals surface area (Å²) in [6.45, 7) is 2.63. The average molecular weight is 949 g/mol. The van der Waals surface area contributed by atoms with Gasteiger partial charge in [0.15, 0.2) is 18.7 Å². The van der Waals surface area contributed by atoms with Crippen LogP contribution in [0.4, 0.5) is 0 Å². The molecule has 15 nitrogen and oxygen atoms in total. The summed E-state index contributed by atoms with van der Waals surface area (Å²) in [7, 11) is 0. The molecule has 0 amide bonds. The highest BCUT2D eigenvalue weighted by atomic mass is 16.7. The van der Waals surface area contributed by atoms with Crippen molar-refractivity contribution >= 4 is 11.9 Å². The molecule has 15 heteroatoms. The monoisotopic (exact) mass is 949 g/mol. The van der Waals surface area contributed by atoms with Crippen LogP contribution in [-0.2, 0) is 38.0 Å². The SMILES string of the molecule is CCCCCCCCCCCCCCCCCCC(=O)OC(COC(=O)CCCCCCCCCCCCCCCC)COC1OC(COC2OC(CO)C(O)C(O)C2O)C(O)C(O)C1O. The first-order chi connectivity index (χ1) is 32.0. The molecule has 2 fully saturated rings. The van der Waals surface area contributed by atoms with E-state index in [-0.39, 0.29) is 26.1 Å². The summed E-state index contributed by atoms with van der Waals surface area (Å²) >= 11 is 0. The summed E-state index contributed by atoms with van der Waals surface area (Å²) in [6.07, 6.45) is 19.8. The molecule has 0 aromatic rings. The van der Waals surface area contributed by atoms with Crippen molar-refractivity contribution in [2.45, 2.75) is 287 Å². The van der Waals surface area contributed by atoms with E-state index in [1.165, 1.54) is 141 Å². The zero-order valence-electron chi connectivity index (χ0n) is 41.2.